The third kappa shape index (κ3) is 3.41. The molecule has 0 aromatic carbocycles. The minimum absolute atomic E-state index is 0.264. The number of aryl methyl sites for hydroxylation is 1. The Kier molecular flexibility index (Phi) is 3.89. The first kappa shape index (κ1) is 13.7. The zero-order valence-corrected chi connectivity index (χ0v) is 12.7. The van der Waals surface area contributed by atoms with Crippen LogP contribution in [0.15, 0.2) is 36.1 Å². The van der Waals surface area contributed by atoms with Crippen LogP contribution in [-0.4, -0.2) is 20.9 Å². The van der Waals surface area contributed by atoms with Crippen LogP contribution in [-0.2, 0) is 0 Å². The van der Waals surface area contributed by atoms with Crippen LogP contribution >= 0.6 is 22.7 Å². The Morgan fingerprint density at radius 2 is 2.19 bits per heavy atom. The Balaban J connectivity index is 1.68. The number of nitrogens with one attached hydrogen (secondary N) is 2. The number of carbonyl (C=O) groups is 1. The molecule has 0 spiro atoms. The van der Waals surface area contributed by atoms with Gasteiger partial charge < -0.3 is 5.32 Å². The lowest BCUT2D eigenvalue weighted by Crippen LogP contribution is -2.12. The Morgan fingerprint density at radius 1 is 1.29 bits per heavy atom. The summed E-state index contributed by atoms with van der Waals surface area (Å²) >= 11 is 2.79. The second-order valence-electron chi connectivity index (χ2n) is 4.13. The molecule has 1 amide bonds. The average molecular weight is 317 g/mol. The summed E-state index contributed by atoms with van der Waals surface area (Å²) < 4.78 is 0. The minimum Gasteiger partial charge on any atom is -0.330 e. The van der Waals surface area contributed by atoms with Crippen LogP contribution in [0, 0.1) is 6.92 Å². The molecule has 3 aromatic heterocycles. The predicted molar refractivity (Wildman–Crippen MR) is 84.4 cm³/mol. The third-order valence-electron chi connectivity index (χ3n) is 2.49. The fourth-order valence-electron chi connectivity index (χ4n) is 1.57. The summed E-state index contributed by atoms with van der Waals surface area (Å²) in [6, 6.07) is 3.71. The van der Waals surface area contributed by atoms with E-state index in [0.29, 0.717) is 16.0 Å². The summed E-state index contributed by atoms with van der Waals surface area (Å²) in [5.41, 5.74) is 1.19. The highest BCUT2D eigenvalue weighted by Gasteiger charge is 2.12. The third-order valence-corrected chi connectivity index (χ3v) is 4.08. The highest BCUT2D eigenvalue weighted by atomic mass is 32.1. The number of amides is 1. The molecular weight excluding hydrogens is 306 g/mol. The van der Waals surface area contributed by atoms with Crippen LogP contribution in [0.25, 0.3) is 0 Å². The maximum atomic E-state index is 12.0. The van der Waals surface area contributed by atoms with Crippen molar-refractivity contribution in [2.24, 2.45) is 0 Å². The largest absolute Gasteiger partial charge is 0.330 e. The number of anilines is 3. The topological polar surface area (TPSA) is 79.8 Å². The molecule has 0 saturated carbocycles. The number of nitrogens with zero attached hydrogens (tertiary/aromatic N) is 3. The number of rotatable bonds is 4. The summed E-state index contributed by atoms with van der Waals surface area (Å²) in [7, 11) is 0. The second kappa shape index (κ2) is 5.98. The molecule has 0 saturated heterocycles. The van der Waals surface area contributed by atoms with Crippen LogP contribution in [0.5, 0.6) is 0 Å². The van der Waals surface area contributed by atoms with E-state index in [9.17, 15) is 4.79 Å². The molecule has 0 fully saturated rings. The van der Waals surface area contributed by atoms with E-state index < -0.39 is 0 Å². The number of pyridine rings is 1. The van der Waals surface area contributed by atoms with Gasteiger partial charge >= 0.3 is 0 Å². The molecule has 0 aliphatic rings. The lowest BCUT2D eigenvalue weighted by molar-refractivity contribution is 0.102. The quantitative estimate of drug-likeness (QED) is 0.772. The fourth-order valence-corrected chi connectivity index (χ4v) is 2.94. The Hall–Kier alpha value is -2.32. The summed E-state index contributed by atoms with van der Waals surface area (Å²) in [6.07, 6.45) is 5.11. The number of hydrogen-bond donors (Lipinski definition) is 2. The van der Waals surface area contributed by atoms with Crippen LogP contribution in [0.4, 0.5) is 16.0 Å². The predicted octanol–water partition coefficient (Wildman–Crippen LogP) is 3.30. The summed E-state index contributed by atoms with van der Waals surface area (Å²) in [5, 5.41) is 8.75. The van der Waals surface area contributed by atoms with Crippen LogP contribution in [0.2, 0.25) is 0 Å². The van der Waals surface area contributed by atoms with Gasteiger partial charge in [0.15, 0.2) is 10.3 Å². The average Bonchev–Trinajstić information content (AvgIpc) is 3.09. The molecule has 21 heavy (non-hydrogen) atoms. The summed E-state index contributed by atoms with van der Waals surface area (Å²) in [5.74, 6) is -0.264. The monoisotopic (exact) mass is 317 g/mol. The van der Waals surface area contributed by atoms with E-state index in [0.717, 1.165) is 10.6 Å². The molecular formula is C13H11N5OS2. The van der Waals surface area contributed by atoms with Crippen molar-refractivity contribution in [1.29, 1.82) is 0 Å². The van der Waals surface area contributed by atoms with Crippen molar-refractivity contribution < 1.29 is 4.79 Å². The van der Waals surface area contributed by atoms with Crippen LogP contribution in [0.3, 0.4) is 0 Å². The van der Waals surface area contributed by atoms with Crippen molar-refractivity contribution in [3.8, 4) is 0 Å². The van der Waals surface area contributed by atoms with Gasteiger partial charge in [-0.2, -0.15) is 0 Å². The van der Waals surface area contributed by atoms with Crippen molar-refractivity contribution >= 4 is 44.5 Å². The number of hydrogen-bond acceptors (Lipinski definition) is 7. The number of carbonyl (C=O) groups excluding carboxylic acids is 1. The van der Waals surface area contributed by atoms with E-state index in [-0.39, 0.29) is 5.91 Å². The van der Waals surface area contributed by atoms with E-state index in [1.165, 1.54) is 22.7 Å². The first-order chi connectivity index (χ1) is 10.2. The van der Waals surface area contributed by atoms with Gasteiger partial charge in [0.2, 0.25) is 0 Å². The fraction of sp³-hybridized carbons (Fsp3) is 0.0769. The van der Waals surface area contributed by atoms with Crippen molar-refractivity contribution in [3.63, 3.8) is 0 Å². The van der Waals surface area contributed by atoms with Gasteiger partial charge in [-0.15, -0.1) is 22.7 Å². The molecule has 8 heteroatoms. The van der Waals surface area contributed by atoms with E-state index in [1.54, 1.807) is 24.0 Å². The van der Waals surface area contributed by atoms with Gasteiger partial charge in [-0.1, -0.05) is 0 Å². The molecule has 3 rings (SSSR count). The van der Waals surface area contributed by atoms with Gasteiger partial charge in [-0.3, -0.25) is 15.1 Å². The summed E-state index contributed by atoms with van der Waals surface area (Å²) in [6.45, 7) is 1.94. The van der Waals surface area contributed by atoms with E-state index in [4.69, 9.17) is 0 Å². The zero-order chi connectivity index (χ0) is 14.7. The first-order valence-electron chi connectivity index (χ1n) is 6.07. The minimum atomic E-state index is -0.264. The number of aromatic nitrogens is 3. The maximum absolute atomic E-state index is 12.0. The van der Waals surface area contributed by atoms with Gasteiger partial charge in [0.05, 0.1) is 11.9 Å². The standard InChI is InChI=1S/C13H11N5OS2/c1-8-5-15-12(21-8)18-11(19)10-7-20-13(17-10)16-9-3-2-4-14-6-9/h2-7H,1H3,(H,16,17)(H,15,18,19). The molecule has 3 aromatic rings. The highest BCUT2D eigenvalue weighted by molar-refractivity contribution is 7.15. The molecule has 2 N–H and O–H groups in total. The lowest BCUT2D eigenvalue weighted by atomic mass is 10.4. The van der Waals surface area contributed by atoms with Crippen molar-refractivity contribution in [2.75, 3.05) is 10.6 Å². The smallest absolute Gasteiger partial charge is 0.276 e. The molecule has 0 bridgehead atoms. The first-order valence-corrected chi connectivity index (χ1v) is 7.77. The van der Waals surface area contributed by atoms with Gasteiger partial charge in [0.25, 0.3) is 5.91 Å². The maximum Gasteiger partial charge on any atom is 0.276 e. The number of thiazole rings is 2. The van der Waals surface area contributed by atoms with Crippen LogP contribution in [0.1, 0.15) is 15.4 Å². The van der Waals surface area contributed by atoms with Gasteiger partial charge in [0, 0.05) is 22.7 Å². The van der Waals surface area contributed by atoms with Crippen LogP contribution < -0.4 is 10.6 Å². The Morgan fingerprint density at radius 3 is 2.90 bits per heavy atom. The van der Waals surface area contributed by atoms with Gasteiger partial charge in [0.1, 0.15) is 5.69 Å². The SMILES string of the molecule is Cc1cnc(NC(=O)c2csc(Nc3cccnc3)n2)s1. The Bertz CT molecular complexity index is 753. The molecule has 106 valence electrons. The molecule has 0 atom stereocenters. The molecule has 3 heterocycles. The molecule has 6 nitrogen and oxygen atoms in total. The molecule has 0 aliphatic heterocycles. The molecule has 0 unspecified atom stereocenters. The lowest BCUT2D eigenvalue weighted by Gasteiger charge is -2.00. The normalized spacial score (nSPS) is 10.3. The van der Waals surface area contributed by atoms with Gasteiger partial charge in [-0.25, -0.2) is 9.97 Å². The van der Waals surface area contributed by atoms with Crippen molar-refractivity contribution in [1.82, 2.24) is 15.0 Å². The Labute approximate surface area is 128 Å². The molecule has 0 aliphatic carbocycles. The van der Waals surface area contributed by atoms with E-state index in [1.807, 2.05) is 19.1 Å². The molecule has 0 radical (unpaired) electrons. The highest BCUT2D eigenvalue weighted by Crippen LogP contribution is 2.22. The van der Waals surface area contributed by atoms with Gasteiger partial charge in [-0.05, 0) is 19.1 Å². The zero-order valence-electron chi connectivity index (χ0n) is 11.0. The van der Waals surface area contributed by atoms with Crippen molar-refractivity contribution in [3.05, 3.63) is 46.7 Å². The van der Waals surface area contributed by atoms with E-state index in [2.05, 4.69) is 25.6 Å². The van der Waals surface area contributed by atoms with Crippen molar-refractivity contribution in [2.45, 2.75) is 6.92 Å². The summed E-state index contributed by atoms with van der Waals surface area (Å²) in [4.78, 5) is 25.4. The van der Waals surface area contributed by atoms with E-state index >= 15 is 0 Å². The second-order valence-corrected chi connectivity index (χ2v) is 6.23.